The molecule has 1 aliphatic heterocycles. The van der Waals surface area contributed by atoms with Gasteiger partial charge in [-0.25, -0.2) is 9.97 Å². The van der Waals surface area contributed by atoms with Crippen molar-refractivity contribution in [2.24, 2.45) is 0 Å². The van der Waals surface area contributed by atoms with Crippen LogP contribution in [0.5, 0.6) is 0 Å². The van der Waals surface area contributed by atoms with Crippen molar-refractivity contribution in [3.63, 3.8) is 0 Å². The van der Waals surface area contributed by atoms with Gasteiger partial charge in [0.25, 0.3) is 0 Å². The van der Waals surface area contributed by atoms with E-state index in [2.05, 4.69) is 226 Å². The van der Waals surface area contributed by atoms with Crippen LogP contribution in [-0.4, -0.2) is 19.1 Å². The number of rotatable bonds is 6. The van der Waals surface area contributed by atoms with Crippen LogP contribution in [0, 0.1) is 0 Å². The van der Waals surface area contributed by atoms with E-state index < -0.39 is 0 Å². The van der Waals surface area contributed by atoms with E-state index in [1.165, 1.54) is 44.1 Å². The third-order valence-corrected chi connectivity index (χ3v) is 12.8. The van der Waals surface area contributed by atoms with E-state index in [-0.39, 0.29) is 0 Å². The molecule has 0 fully saturated rings. The summed E-state index contributed by atoms with van der Waals surface area (Å²) in [5.41, 5.74) is 18.7. The lowest BCUT2D eigenvalue weighted by molar-refractivity contribution is 1.14. The highest BCUT2D eigenvalue weighted by molar-refractivity contribution is 6.11. The lowest BCUT2D eigenvalue weighted by Crippen LogP contribution is -2.11. The Morgan fingerprint density at radius 3 is 1.69 bits per heavy atom. The molecular formula is C60H39N5. The molecule has 3 aromatic heterocycles. The van der Waals surface area contributed by atoms with Crippen molar-refractivity contribution >= 4 is 49.8 Å². The summed E-state index contributed by atoms with van der Waals surface area (Å²) in [6.45, 7) is 0. The average Bonchev–Trinajstić information content (AvgIpc) is 3.89. The Morgan fingerprint density at radius 2 is 0.892 bits per heavy atom. The molecule has 304 valence electrons. The fraction of sp³-hybridized carbons (Fsp3) is 0. The molecule has 0 amide bonds. The van der Waals surface area contributed by atoms with Gasteiger partial charge in [-0.15, -0.1) is 0 Å². The van der Waals surface area contributed by atoms with Gasteiger partial charge >= 0.3 is 0 Å². The molecule has 0 radical (unpaired) electrons. The second kappa shape index (κ2) is 14.9. The van der Waals surface area contributed by atoms with Gasteiger partial charge in [0.05, 0.1) is 50.7 Å². The van der Waals surface area contributed by atoms with Crippen molar-refractivity contribution in [1.82, 2.24) is 19.1 Å². The standard InChI is InChI=1S/C60H39N5/c1-4-17-40(18-5-1)51-39-52(62-60(61-51)41-19-6-2-7-20-41)44-21-16-24-47(36-44)64-54-27-12-10-25-48(54)50-37-43(32-34-56(50)64)42-31-33-53-45(35-42)38-59-49-26-11-13-28-55(49)63(46-22-8-3-9-23-46)57-29-14-15-30-58(57)65(53)59/h1-39H. The molecule has 13 rings (SSSR count). The van der Waals surface area contributed by atoms with Crippen LogP contribution < -0.4 is 4.90 Å². The number of para-hydroxylation sites is 5. The Bertz CT molecular complexity index is 3720. The maximum Gasteiger partial charge on any atom is 0.160 e. The summed E-state index contributed by atoms with van der Waals surface area (Å²) in [6.07, 6.45) is 0. The number of aromatic nitrogens is 4. The first-order chi connectivity index (χ1) is 32.2. The quantitative estimate of drug-likeness (QED) is 0.168. The maximum atomic E-state index is 5.15. The molecule has 1 aliphatic rings. The van der Waals surface area contributed by atoms with Crippen molar-refractivity contribution in [3.05, 3.63) is 237 Å². The SMILES string of the molecule is c1ccc(-c2cc(-c3cccc(-n4c5ccccc5c5cc(-c6ccc7c(c6)cc6n7-c7ccccc7N(c7ccccc7)c7ccccc7-6)ccc54)c3)nc(-c3ccccc3)n2)cc1. The second-order valence-electron chi connectivity index (χ2n) is 16.6. The monoisotopic (exact) mass is 829 g/mol. The van der Waals surface area contributed by atoms with Crippen molar-refractivity contribution in [1.29, 1.82) is 0 Å². The van der Waals surface area contributed by atoms with Crippen LogP contribution in [0.2, 0.25) is 0 Å². The fourth-order valence-corrected chi connectivity index (χ4v) is 9.87. The molecule has 4 heterocycles. The molecule has 0 saturated heterocycles. The van der Waals surface area contributed by atoms with Crippen molar-refractivity contribution < 1.29 is 0 Å². The molecule has 5 nitrogen and oxygen atoms in total. The van der Waals surface area contributed by atoms with E-state index in [9.17, 15) is 0 Å². The van der Waals surface area contributed by atoms with Crippen molar-refractivity contribution in [3.8, 4) is 67.7 Å². The number of hydrogen-bond donors (Lipinski definition) is 0. The van der Waals surface area contributed by atoms with E-state index in [0.717, 1.165) is 67.5 Å². The molecule has 9 aromatic carbocycles. The van der Waals surface area contributed by atoms with E-state index >= 15 is 0 Å². The van der Waals surface area contributed by atoms with Gasteiger partial charge in [0.2, 0.25) is 0 Å². The van der Waals surface area contributed by atoms with Gasteiger partial charge in [-0.2, -0.15) is 0 Å². The molecule has 0 spiro atoms. The van der Waals surface area contributed by atoms with Crippen molar-refractivity contribution in [2.75, 3.05) is 4.90 Å². The van der Waals surface area contributed by atoms with E-state index in [0.29, 0.717) is 5.82 Å². The molecule has 5 heteroatoms. The Balaban J connectivity index is 0.926. The molecule has 0 atom stereocenters. The summed E-state index contributed by atoms with van der Waals surface area (Å²) in [7, 11) is 0. The van der Waals surface area contributed by atoms with E-state index in [4.69, 9.17) is 9.97 Å². The molecular weight excluding hydrogens is 791 g/mol. The van der Waals surface area contributed by atoms with Gasteiger partial charge in [-0.05, 0) is 96.1 Å². The Morgan fingerprint density at radius 1 is 0.308 bits per heavy atom. The van der Waals surface area contributed by atoms with Gasteiger partial charge < -0.3 is 14.0 Å². The van der Waals surface area contributed by atoms with Crippen LogP contribution in [0.3, 0.4) is 0 Å². The highest BCUT2D eigenvalue weighted by atomic mass is 15.2. The molecule has 0 N–H and O–H groups in total. The van der Waals surface area contributed by atoms with Crippen LogP contribution in [0.25, 0.3) is 100 Å². The van der Waals surface area contributed by atoms with Crippen LogP contribution in [0.15, 0.2) is 237 Å². The average molecular weight is 830 g/mol. The highest BCUT2D eigenvalue weighted by Gasteiger charge is 2.27. The Hall–Kier alpha value is -8.80. The number of hydrogen-bond acceptors (Lipinski definition) is 3. The van der Waals surface area contributed by atoms with Crippen LogP contribution >= 0.6 is 0 Å². The third-order valence-electron chi connectivity index (χ3n) is 12.8. The molecule has 0 unspecified atom stereocenters. The zero-order valence-electron chi connectivity index (χ0n) is 35.3. The normalized spacial score (nSPS) is 12.0. The van der Waals surface area contributed by atoms with Crippen molar-refractivity contribution in [2.45, 2.75) is 0 Å². The minimum absolute atomic E-state index is 0.704. The molecule has 12 aromatic rings. The summed E-state index contributed by atoms with van der Waals surface area (Å²) < 4.78 is 4.82. The van der Waals surface area contributed by atoms with Gasteiger partial charge in [0.15, 0.2) is 5.82 Å². The molecule has 0 saturated carbocycles. The zero-order chi connectivity index (χ0) is 42.8. The predicted molar refractivity (Wildman–Crippen MR) is 269 cm³/mol. The summed E-state index contributed by atoms with van der Waals surface area (Å²) in [4.78, 5) is 12.6. The fourth-order valence-electron chi connectivity index (χ4n) is 9.87. The smallest absolute Gasteiger partial charge is 0.160 e. The summed E-state index contributed by atoms with van der Waals surface area (Å²) >= 11 is 0. The number of nitrogens with zero attached hydrogens (tertiary/aromatic N) is 5. The number of fused-ring (bicyclic) bond motifs is 10. The van der Waals surface area contributed by atoms with Crippen LogP contribution in [0.1, 0.15) is 0 Å². The number of anilines is 3. The zero-order valence-corrected chi connectivity index (χ0v) is 35.3. The van der Waals surface area contributed by atoms with Crippen LogP contribution in [0.4, 0.5) is 17.1 Å². The first-order valence-corrected chi connectivity index (χ1v) is 22.1. The van der Waals surface area contributed by atoms with Gasteiger partial charge in [-0.3, -0.25) is 0 Å². The topological polar surface area (TPSA) is 38.9 Å². The maximum absolute atomic E-state index is 5.15. The minimum Gasteiger partial charge on any atom is -0.309 e. The lowest BCUT2D eigenvalue weighted by atomic mass is 10.0. The first kappa shape index (κ1) is 36.8. The lowest BCUT2D eigenvalue weighted by Gasteiger charge is -2.26. The molecule has 0 aliphatic carbocycles. The Labute approximate surface area is 376 Å². The molecule has 65 heavy (non-hydrogen) atoms. The van der Waals surface area contributed by atoms with E-state index in [1.807, 2.05) is 24.3 Å². The van der Waals surface area contributed by atoms with Gasteiger partial charge in [0, 0.05) is 49.8 Å². The highest BCUT2D eigenvalue weighted by Crippen LogP contribution is 2.49. The van der Waals surface area contributed by atoms with E-state index in [1.54, 1.807) is 0 Å². The van der Waals surface area contributed by atoms with Gasteiger partial charge in [0.1, 0.15) is 0 Å². The Kier molecular flexibility index (Phi) is 8.46. The molecule has 0 bridgehead atoms. The number of benzene rings is 9. The summed E-state index contributed by atoms with van der Waals surface area (Å²) in [5.74, 6) is 0.704. The van der Waals surface area contributed by atoms with Crippen LogP contribution in [-0.2, 0) is 0 Å². The largest absolute Gasteiger partial charge is 0.309 e. The van der Waals surface area contributed by atoms with Gasteiger partial charge in [-0.1, -0.05) is 152 Å². The third kappa shape index (κ3) is 6.09. The summed E-state index contributed by atoms with van der Waals surface area (Å²) in [5, 5.41) is 3.62. The second-order valence-corrected chi connectivity index (χ2v) is 16.6. The predicted octanol–water partition coefficient (Wildman–Crippen LogP) is 15.6. The first-order valence-electron chi connectivity index (χ1n) is 22.1. The summed E-state index contributed by atoms with van der Waals surface area (Å²) in [6, 6.07) is 84.6. The minimum atomic E-state index is 0.704.